The number of unbranched alkanes of at least 4 members (excludes halogenated alkanes) is 33. The van der Waals surface area contributed by atoms with Gasteiger partial charge in [0.2, 0.25) is 5.91 Å². The van der Waals surface area contributed by atoms with E-state index in [1.54, 1.807) is 6.08 Å². The van der Waals surface area contributed by atoms with E-state index >= 15 is 0 Å². The van der Waals surface area contributed by atoms with Crippen molar-refractivity contribution < 1.29 is 15.0 Å². The predicted molar refractivity (Wildman–Crippen MR) is 225 cm³/mol. The lowest BCUT2D eigenvalue weighted by Gasteiger charge is -2.19. The van der Waals surface area contributed by atoms with Gasteiger partial charge >= 0.3 is 0 Å². The van der Waals surface area contributed by atoms with E-state index in [1.165, 1.54) is 199 Å². The molecule has 0 saturated carbocycles. The van der Waals surface area contributed by atoms with E-state index in [0.29, 0.717) is 6.42 Å². The summed E-state index contributed by atoms with van der Waals surface area (Å²) in [6.07, 6.45) is 55.8. The van der Waals surface area contributed by atoms with Crippen LogP contribution < -0.4 is 5.32 Å². The van der Waals surface area contributed by atoms with Crippen molar-refractivity contribution >= 4 is 5.91 Å². The largest absolute Gasteiger partial charge is 0.394 e. The summed E-state index contributed by atoms with van der Waals surface area (Å²) in [6, 6.07) is -0.634. The third-order valence-electron chi connectivity index (χ3n) is 10.7. The number of aliphatic hydroxyl groups excluding tert-OH is 2. The highest BCUT2D eigenvalue weighted by molar-refractivity contribution is 5.76. The molecule has 0 heterocycles. The zero-order valence-corrected chi connectivity index (χ0v) is 34.6. The lowest BCUT2D eigenvalue weighted by Crippen LogP contribution is -2.45. The minimum Gasteiger partial charge on any atom is -0.394 e. The molecule has 0 spiro atoms. The Balaban J connectivity index is 3.57. The van der Waals surface area contributed by atoms with E-state index in [1.807, 2.05) is 6.08 Å². The van der Waals surface area contributed by atoms with Crippen LogP contribution in [0.1, 0.15) is 251 Å². The van der Waals surface area contributed by atoms with Gasteiger partial charge in [0, 0.05) is 6.42 Å². The molecule has 0 bridgehead atoms. The number of aliphatic hydroxyl groups is 2. The Hall–Kier alpha value is -1.13. The standard InChI is InChI=1S/C47H91NO3/c1-3-5-7-9-11-13-15-17-19-21-23-24-25-26-28-30-32-34-36-38-40-42-46(50)45(44-49)48-47(51)43-41-39-37-35-33-31-29-27-22-20-18-16-14-12-10-8-6-4-2/h32,34,40,42,45-46,49-50H,3-31,33,35-39,41,43-44H2,1-2H3,(H,48,51)/b34-32+,42-40+. The van der Waals surface area contributed by atoms with Crippen molar-refractivity contribution in [1.82, 2.24) is 5.32 Å². The summed E-state index contributed by atoms with van der Waals surface area (Å²) in [5.74, 6) is -0.0697. The average Bonchev–Trinajstić information content (AvgIpc) is 3.13. The first-order valence-corrected chi connectivity index (χ1v) is 23.1. The molecule has 51 heavy (non-hydrogen) atoms. The fourth-order valence-corrected chi connectivity index (χ4v) is 7.14. The van der Waals surface area contributed by atoms with Crippen molar-refractivity contribution in [3.8, 4) is 0 Å². The first kappa shape index (κ1) is 49.9. The van der Waals surface area contributed by atoms with Gasteiger partial charge in [-0.2, -0.15) is 0 Å². The molecule has 0 saturated heterocycles. The lowest BCUT2D eigenvalue weighted by molar-refractivity contribution is -0.123. The summed E-state index contributed by atoms with van der Waals surface area (Å²) >= 11 is 0. The number of carbonyl (C=O) groups excluding carboxylic acids is 1. The van der Waals surface area contributed by atoms with E-state index in [4.69, 9.17) is 0 Å². The summed E-state index contributed by atoms with van der Waals surface area (Å²) in [5.41, 5.74) is 0. The molecule has 0 aromatic carbocycles. The van der Waals surface area contributed by atoms with Gasteiger partial charge < -0.3 is 15.5 Å². The zero-order valence-electron chi connectivity index (χ0n) is 34.6. The second-order valence-electron chi connectivity index (χ2n) is 15.8. The van der Waals surface area contributed by atoms with Gasteiger partial charge in [-0.3, -0.25) is 4.79 Å². The molecule has 0 rings (SSSR count). The average molecular weight is 718 g/mol. The highest BCUT2D eigenvalue weighted by Gasteiger charge is 2.17. The minimum atomic E-state index is -0.858. The van der Waals surface area contributed by atoms with Gasteiger partial charge in [0.25, 0.3) is 0 Å². The van der Waals surface area contributed by atoms with Crippen LogP contribution >= 0.6 is 0 Å². The summed E-state index contributed by atoms with van der Waals surface area (Å²) < 4.78 is 0. The molecule has 0 radical (unpaired) electrons. The Morgan fingerprint density at radius 3 is 1.14 bits per heavy atom. The summed E-state index contributed by atoms with van der Waals surface area (Å²) in [7, 11) is 0. The van der Waals surface area contributed by atoms with Gasteiger partial charge in [0.1, 0.15) is 0 Å². The third kappa shape index (κ3) is 39.9. The van der Waals surface area contributed by atoms with Crippen molar-refractivity contribution in [2.45, 2.75) is 264 Å². The van der Waals surface area contributed by atoms with Crippen molar-refractivity contribution in [3.63, 3.8) is 0 Å². The molecule has 0 aliphatic heterocycles. The maximum Gasteiger partial charge on any atom is 0.220 e. The molecule has 0 aliphatic rings. The van der Waals surface area contributed by atoms with Crippen LogP contribution in [0.3, 0.4) is 0 Å². The number of carbonyl (C=O) groups is 1. The van der Waals surface area contributed by atoms with Crippen LogP contribution in [0.25, 0.3) is 0 Å². The Morgan fingerprint density at radius 1 is 0.451 bits per heavy atom. The van der Waals surface area contributed by atoms with Crippen molar-refractivity contribution in [3.05, 3.63) is 24.3 Å². The van der Waals surface area contributed by atoms with E-state index in [2.05, 4.69) is 31.3 Å². The predicted octanol–water partition coefficient (Wildman–Crippen LogP) is 14.4. The van der Waals surface area contributed by atoms with Crippen molar-refractivity contribution in [2.24, 2.45) is 0 Å². The van der Waals surface area contributed by atoms with Gasteiger partial charge in [-0.05, 0) is 32.1 Å². The molecule has 1 amide bonds. The van der Waals surface area contributed by atoms with Crippen LogP contribution in [-0.4, -0.2) is 34.9 Å². The van der Waals surface area contributed by atoms with Crippen LogP contribution in [0.2, 0.25) is 0 Å². The van der Waals surface area contributed by atoms with Crippen LogP contribution in [0.4, 0.5) is 0 Å². The highest BCUT2D eigenvalue weighted by Crippen LogP contribution is 2.16. The molecule has 0 aliphatic carbocycles. The number of nitrogens with one attached hydrogen (secondary N) is 1. The van der Waals surface area contributed by atoms with Crippen molar-refractivity contribution in [1.29, 1.82) is 0 Å². The van der Waals surface area contributed by atoms with Gasteiger partial charge in [-0.15, -0.1) is 0 Å². The smallest absolute Gasteiger partial charge is 0.220 e. The highest BCUT2D eigenvalue weighted by atomic mass is 16.3. The molecule has 0 fully saturated rings. The van der Waals surface area contributed by atoms with Gasteiger partial charge in [-0.25, -0.2) is 0 Å². The zero-order chi connectivity index (χ0) is 37.1. The van der Waals surface area contributed by atoms with Crippen LogP contribution in [0, 0.1) is 0 Å². The first-order valence-electron chi connectivity index (χ1n) is 23.1. The quantitative estimate of drug-likeness (QED) is 0.0435. The van der Waals surface area contributed by atoms with E-state index in [9.17, 15) is 15.0 Å². The SMILES string of the molecule is CCCCCCCCCCCCCCCCC/C=C/CC/C=C/C(O)C(CO)NC(=O)CCCCCCCCCCCCCCCCCCCC. The topological polar surface area (TPSA) is 69.6 Å². The summed E-state index contributed by atoms with van der Waals surface area (Å²) in [5, 5.41) is 23.0. The molecule has 4 nitrogen and oxygen atoms in total. The molecule has 4 heteroatoms. The fraction of sp³-hybridized carbons (Fsp3) is 0.894. The van der Waals surface area contributed by atoms with Crippen molar-refractivity contribution in [2.75, 3.05) is 6.61 Å². The molecule has 3 N–H and O–H groups in total. The Kier molecular flexibility index (Phi) is 42.3. The first-order chi connectivity index (χ1) is 25.2. The number of rotatable bonds is 42. The monoisotopic (exact) mass is 718 g/mol. The fourth-order valence-electron chi connectivity index (χ4n) is 7.14. The second-order valence-corrected chi connectivity index (χ2v) is 15.8. The van der Waals surface area contributed by atoms with Gasteiger partial charge in [-0.1, -0.05) is 237 Å². The third-order valence-corrected chi connectivity index (χ3v) is 10.7. The van der Waals surface area contributed by atoms with E-state index in [-0.39, 0.29) is 12.5 Å². The van der Waals surface area contributed by atoms with E-state index < -0.39 is 12.1 Å². The maximum atomic E-state index is 12.4. The molecule has 0 aromatic heterocycles. The molecular weight excluding hydrogens is 627 g/mol. The summed E-state index contributed by atoms with van der Waals surface area (Å²) in [4.78, 5) is 12.4. The van der Waals surface area contributed by atoms with Gasteiger partial charge in [0.05, 0.1) is 18.8 Å². The van der Waals surface area contributed by atoms with Crippen LogP contribution in [-0.2, 0) is 4.79 Å². The lowest BCUT2D eigenvalue weighted by atomic mass is 10.0. The molecule has 2 atom stereocenters. The second kappa shape index (κ2) is 43.3. The molecule has 0 aromatic rings. The molecular formula is C47H91NO3. The number of allylic oxidation sites excluding steroid dienone is 3. The Bertz CT molecular complexity index is 735. The minimum absolute atomic E-state index is 0.0697. The number of hydrogen-bond donors (Lipinski definition) is 3. The Labute approximate surface area is 319 Å². The maximum absolute atomic E-state index is 12.4. The number of hydrogen-bond acceptors (Lipinski definition) is 3. The van der Waals surface area contributed by atoms with Crippen LogP contribution in [0.15, 0.2) is 24.3 Å². The Morgan fingerprint density at radius 2 is 0.765 bits per heavy atom. The summed E-state index contributed by atoms with van der Waals surface area (Å²) in [6.45, 7) is 4.32. The molecule has 2 unspecified atom stereocenters. The normalized spacial score (nSPS) is 13.1. The number of amides is 1. The molecule has 302 valence electrons. The van der Waals surface area contributed by atoms with Crippen LogP contribution in [0.5, 0.6) is 0 Å². The van der Waals surface area contributed by atoms with Gasteiger partial charge in [0.15, 0.2) is 0 Å². The van der Waals surface area contributed by atoms with E-state index in [0.717, 1.165) is 32.1 Å².